The van der Waals surface area contributed by atoms with Crippen LogP contribution in [-0.2, 0) is 0 Å². The van der Waals surface area contributed by atoms with Crippen molar-refractivity contribution in [1.29, 1.82) is 0 Å². The van der Waals surface area contributed by atoms with E-state index in [4.69, 9.17) is 0 Å². The van der Waals surface area contributed by atoms with E-state index in [0.717, 1.165) is 41.7 Å². The van der Waals surface area contributed by atoms with E-state index in [1.165, 1.54) is 12.8 Å². The predicted octanol–water partition coefficient (Wildman–Crippen LogP) is 2.42. The van der Waals surface area contributed by atoms with Gasteiger partial charge in [-0.05, 0) is 61.7 Å². The van der Waals surface area contributed by atoms with E-state index in [9.17, 15) is 0 Å². The number of hydrogen-bond acceptors (Lipinski definition) is 1. The van der Waals surface area contributed by atoms with E-state index in [1.807, 2.05) is 0 Å². The Kier molecular flexibility index (Phi) is 1.49. The summed E-state index contributed by atoms with van der Waals surface area (Å²) in [5, 5.41) is 3.92. The summed E-state index contributed by atoms with van der Waals surface area (Å²) < 4.78 is 0. The maximum atomic E-state index is 3.92. The molecule has 4 aliphatic carbocycles. The summed E-state index contributed by atoms with van der Waals surface area (Å²) in [4.78, 5) is 0. The molecule has 0 heterocycles. The van der Waals surface area contributed by atoms with Crippen LogP contribution >= 0.6 is 0 Å². The zero-order chi connectivity index (χ0) is 9.28. The Morgan fingerprint density at radius 1 is 0.929 bits per heavy atom. The van der Waals surface area contributed by atoms with Gasteiger partial charge >= 0.3 is 0 Å². The number of nitrogens with one attached hydrogen (secondary N) is 1. The molecule has 2 bridgehead atoms. The average Bonchev–Trinajstić information content (AvgIpc) is 2.56. The van der Waals surface area contributed by atoms with E-state index in [-0.39, 0.29) is 0 Å². The molecule has 4 fully saturated rings. The van der Waals surface area contributed by atoms with Crippen molar-refractivity contribution >= 4 is 0 Å². The van der Waals surface area contributed by atoms with Crippen LogP contribution in [0.3, 0.4) is 0 Å². The van der Waals surface area contributed by atoms with Crippen molar-refractivity contribution in [3.8, 4) is 0 Å². The molecule has 1 N–H and O–H groups in total. The van der Waals surface area contributed by atoms with E-state index in [2.05, 4.69) is 12.2 Å². The second kappa shape index (κ2) is 2.55. The minimum Gasteiger partial charge on any atom is -0.311 e. The van der Waals surface area contributed by atoms with Crippen LogP contribution in [0.1, 0.15) is 39.0 Å². The number of hydrogen-bond donors (Lipinski definition) is 1. The van der Waals surface area contributed by atoms with Crippen LogP contribution in [0.15, 0.2) is 0 Å². The third-order valence-electron chi connectivity index (χ3n) is 5.54. The molecule has 0 spiro atoms. The largest absolute Gasteiger partial charge is 0.311 e. The van der Waals surface area contributed by atoms with Gasteiger partial charge in [0.2, 0.25) is 0 Å². The van der Waals surface area contributed by atoms with Gasteiger partial charge in [-0.15, -0.1) is 0 Å². The number of rotatable bonds is 2. The predicted molar refractivity (Wildman–Crippen MR) is 56.9 cm³/mol. The first kappa shape index (κ1) is 8.15. The highest BCUT2D eigenvalue weighted by molar-refractivity contribution is 5.17. The van der Waals surface area contributed by atoms with Gasteiger partial charge in [0.25, 0.3) is 0 Å². The van der Waals surface area contributed by atoms with Gasteiger partial charge in [0.1, 0.15) is 0 Å². The Bertz CT molecular complexity index is 240. The zero-order valence-corrected chi connectivity index (χ0v) is 9.08. The van der Waals surface area contributed by atoms with Crippen molar-refractivity contribution in [1.82, 2.24) is 5.32 Å². The quantitative estimate of drug-likeness (QED) is 0.707. The first-order chi connectivity index (χ1) is 6.83. The molecular formula is C13H21N. The average molecular weight is 191 g/mol. The normalized spacial score (nSPS) is 63.6. The van der Waals surface area contributed by atoms with E-state index in [1.54, 1.807) is 19.3 Å². The smallest absolute Gasteiger partial charge is 0.0138 e. The van der Waals surface area contributed by atoms with Gasteiger partial charge in [0.15, 0.2) is 0 Å². The lowest BCUT2D eigenvalue weighted by Gasteiger charge is -2.34. The molecule has 0 aliphatic heterocycles. The summed E-state index contributed by atoms with van der Waals surface area (Å²) >= 11 is 0. The van der Waals surface area contributed by atoms with E-state index < -0.39 is 0 Å². The lowest BCUT2D eigenvalue weighted by atomic mass is 9.81. The minimum atomic E-state index is 0.903. The Morgan fingerprint density at radius 3 is 2.14 bits per heavy atom. The van der Waals surface area contributed by atoms with Crippen LogP contribution in [-0.4, -0.2) is 12.1 Å². The summed E-state index contributed by atoms with van der Waals surface area (Å²) in [7, 11) is 0. The molecule has 0 aromatic heterocycles. The molecule has 4 atom stereocenters. The fourth-order valence-electron chi connectivity index (χ4n) is 4.86. The highest BCUT2D eigenvalue weighted by Gasteiger charge is 2.65. The summed E-state index contributed by atoms with van der Waals surface area (Å²) in [6.07, 6.45) is 7.61. The summed E-state index contributed by atoms with van der Waals surface area (Å²) in [5.74, 6) is 5.54. The molecular weight excluding hydrogens is 170 g/mol. The number of fused-ring (bicyclic) bond motifs is 5. The first-order valence-electron chi connectivity index (χ1n) is 6.59. The van der Waals surface area contributed by atoms with Gasteiger partial charge in [-0.1, -0.05) is 6.92 Å². The molecule has 4 unspecified atom stereocenters. The van der Waals surface area contributed by atoms with Crippen molar-refractivity contribution in [3.63, 3.8) is 0 Å². The molecule has 78 valence electrons. The topological polar surface area (TPSA) is 12.0 Å². The van der Waals surface area contributed by atoms with Gasteiger partial charge < -0.3 is 5.32 Å². The first-order valence-corrected chi connectivity index (χ1v) is 6.59. The molecule has 4 rings (SSSR count). The summed E-state index contributed by atoms with van der Waals surface area (Å²) in [5.41, 5.74) is 0. The molecule has 14 heavy (non-hydrogen) atoms. The Balaban J connectivity index is 1.38. The van der Waals surface area contributed by atoms with Gasteiger partial charge in [0.05, 0.1) is 0 Å². The molecule has 1 nitrogen and oxygen atoms in total. The third kappa shape index (κ3) is 0.946. The van der Waals surface area contributed by atoms with Crippen LogP contribution in [0.2, 0.25) is 0 Å². The monoisotopic (exact) mass is 191 g/mol. The Hall–Kier alpha value is -0.0400. The fraction of sp³-hybridized carbons (Fsp3) is 1.00. The van der Waals surface area contributed by atoms with Gasteiger partial charge in [0, 0.05) is 12.1 Å². The van der Waals surface area contributed by atoms with Crippen molar-refractivity contribution in [3.05, 3.63) is 0 Å². The Morgan fingerprint density at radius 2 is 1.57 bits per heavy atom. The van der Waals surface area contributed by atoms with Crippen molar-refractivity contribution < 1.29 is 0 Å². The molecule has 4 saturated carbocycles. The second-order valence-electron chi connectivity index (χ2n) is 6.45. The summed E-state index contributed by atoms with van der Waals surface area (Å²) in [6, 6.07) is 1.87. The summed E-state index contributed by atoms with van der Waals surface area (Å²) in [6.45, 7) is 2.38. The van der Waals surface area contributed by atoms with Crippen LogP contribution < -0.4 is 5.32 Å². The zero-order valence-electron chi connectivity index (χ0n) is 9.08. The van der Waals surface area contributed by atoms with Crippen molar-refractivity contribution in [2.75, 3.05) is 0 Å². The third-order valence-corrected chi connectivity index (χ3v) is 5.54. The molecule has 4 aliphatic rings. The molecule has 0 saturated heterocycles. The van der Waals surface area contributed by atoms with Crippen molar-refractivity contribution in [2.45, 2.75) is 51.1 Å². The lowest BCUT2D eigenvalue weighted by molar-refractivity contribution is 0.228. The van der Waals surface area contributed by atoms with E-state index in [0.29, 0.717) is 0 Å². The van der Waals surface area contributed by atoms with Crippen LogP contribution in [0.5, 0.6) is 0 Å². The SMILES string of the molecule is CC1CC(NC2C3C4CCC(C4)C23)C1. The van der Waals surface area contributed by atoms with Crippen molar-refractivity contribution in [2.24, 2.45) is 29.6 Å². The molecule has 1 heteroatoms. The van der Waals surface area contributed by atoms with Crippen LogP contribution in [0.4, 0.5) is 0 Å². The van der Waals surface area contributed by atoms with Gasteiger partial charge in [-0.25, -0.2) is 0 Å². The van der Waals surface area contributed by atoms with Crippen LogP contribution in [0, 0.1) is 29.6 Å². The minimum absolute atomic E-state index is 0.903. The van der Waals surface area contributed by atoms with E-state index >= 15 is 0 Å². The maximum absolute atomic E-state index is 3.92. The molecule has 0 aromatic rings. The van der Waals surface area contributed by atoms with Gasteiger partial charge in [-0.3, -0.25) is 0 Å². The lowest BCUT2D eigenvalue weighted by Crippen LogP contribution is -2.42. The highest BCUT2D eigenvalue weighted by Crippen LogP contribution is 2.65. The Labute approximate surface area is 86.6 Å². The fourth-order valence-corrected chi connectivity index (χ4v) is 4.86. The molecule has 0 amide bonds. The molecule has 0 radical (unpaired) electrons. The maximum Gasteiger partial charge on any atom is 0.0138 e. The standard InChI is InChI=1S/C13H21N/c1-7-4-10(5-7)14-13-11-8-2-3-9(6-8)12(11)13/h7-14H,2-6H2,1H3. The van der Waals surface area contributed by atoms with Gasteiger partial charge in [-0.2, -0.15) is 0 Å². The van der Waals surface area contributed by atoms with Crippen LogP contribution in [0.25, 0.3) is 0 Å². The highest BCUT2D eigenvalue weighted by atomic mass is 15.1. The molecule has 0 aromatic carbocycles. The second-order valence-corrected chi connectivity index (χ2v) is 6.45.